The van der Waals surface area contributed by atoms with E-state index in [1.54, 1.807) is 11.8 Å². The number of hydrogen-bond acceptors (Lipinski definition) is 2. The summed E-state index contributed by atoms with van der Waals surface area (Å²) in [4.78, 5) is 15.0. The molecular weight excluding hydrogens is 338 g/mol. The monoisotopic (exact) mass is 361 g/mol. The molecule has 0 aliphatic heterocycles. The molecule has 0 unspecified atom stereocenters. The molecule has 0 saturated heterocycles. The summed E-state index contributed by atoms with van der Waals surface area (Å²) < 4.78 is 0. The lowest BCUT2D eigenvalue weighted by Crippen LogP contribution is -2.31. The van der Waals surface area contributed by atoms with Crippen LogP contribution in [0.1, 0.15) is 17.2 Å². The lowest BCUT2D eigenvalue weighted by Gasteiger charge is -2.29. The Hall–Kier alpha value is -2.52. The molecular formula is C23H23NOS. The fourth-order valence-corrected chi connectivity index (χ4v) is 3.89. The van der Waals surface area contributed by atoms with Crippen LogP contribution in [0.25, 0.3) is 0 Å². The van der Waals surface area contributed by atoms with Gasteiger partial charge >= 0.3 is 0 Å². The van der Waals surface area contributed by atoms with Crippen molar-refractivity contribution < 1.29 is 4.79 Å². The summed E-state index contributed by atoms with van der Waals surface area (Å²) in [5, 5.41) is 0. The van der Waals surface area contributed by atoms with Gasteiger partial charge in [-0.2, -0.15) is 0 Å². The quantitative estimate of drug-likeness (QED) is 0.385. The molecule has 1 atom stereocenters. The molecule has 0 bridgehead atoms. The van der Waals surface area contributed by atoms with E-state index in [9.17, 15) is 4.79 Å². The number of thioether (sulfide) groups is 1. The van der Waals surface area contributed by atoms with Gasteiger partial charge in [-0.05, 0) is 29.7 Å². The summed E-state index contributed by atoms with van der Waals surface area (Å²) in [6.45, 7) is 0.718. The molecule has 1 amide bonds. The van der Waals surface area contributed by atoms with E-state index in [-0.39, 0.29) is 6.04 Å². The zero-order valence-corrected chi connectivity index (χ0v) is 15.5. The summed E-state index contributed by atoms with van der Waals surface area (Å²) in [6.07, 6.45) is 1.81. The number of rotatable bonds is 9. The Morgan fingerprint density at radius 1 is 0.808 bits per heavy atom. The molecule has 0 radical (unpaired) electrons. The standard InChI is InChI=1S/C23H23NOS/c25-19-24(16-17-26-22-14-8-3-9-15-22)23(21-12-6-2-7-13-21)18-20-10-4-1-5-11-20/h1-15,19,23H,16-18H2/t23-/m0/s1. The Bertz CT molecular complexity index is 777. The fourth-order valence-electron chi connectivity index (χ4n) is 3.01. The Labute approximate surface area is 159 Å². The zero-order chi connectivity index (χ0) is 18.0. The van der Waals surface area contributed by atoms with E-state index in [0.717, 1.165) is 25.1 Å². The van der Waals surface area contributed by atoms with Crippen LogP contribution in [0.2, 0.25) is 0 Å². The van der Waals surface area contributed by atoms with Crippen LogP contribution in [0, 0.1) is 0 Å². The van der Waals surface area contributed by atoms with E-state index in [1.165, 1.54) is 16.0 Å². The third-order valence-corrected chi connectivity index (χ3v) is 5.35. The van der Waals surface area contributed by atoms with Crippen molar-refractivity contribution in [2.45, 2.75) is 17.4 Å². The first-order valence-electron chi connectivity index (χ1n) is 8.84. The highest BCUT2D eigenvalue weighted by atomic mass is 32.2. The maximum atomic E-state index is 11.9. The summed E-state index contributed by atoms with van der Waals surface area (Å²) in [6, 6.07) is 31.0. The molecule has 0 fully saturated rings. The normalized spacial score (nSPS) is 11.7. The van der Waals surface area contributed by atoms with Gasteiger partial charge < -0.3 is 4.90 Å². The highest BCUT2D eigenvalue weighted by Crippen LogP contribution is 2.25. The lowest BCUT2D eigenvalue weighted by molar-refractivity contribution is -0.120. The number of benzene rings is 3. The lowest BCUT2D eigenvalue weighted by atomic mass is 9.98. The van der Waals surface area contributed by atoms with Crippen LogP contribution in [-0.4, -0.2) is 23.6 Å². The molecule has 0 N–H and O–H groups in total. The van der Waals surface area contributed by atoms with Gasteiger partial charge in [0.2, 0.25) is 6.41 Å². The van der Waals surface area contributed by atoms with Crippen LogP contribution in [0.3, 0.4) is 0 Å². The summed E-state index contributed by atoms with van der Waals surface area (Å²) in [7, 11) is 0. The predicted molar refractivity (Wildman–Crippen MR) is 109 cm³/mol. The van der Waals surface area contributed by atoms with Gasteiger partial charge in [0.15, 0.2) is 0 Å². The van der Waals surface area contributed by atoms with Crippen LogP contribution >= 0.6 is 11.8 Å². The van der Waals surface area contributed by atoms with Crippen molar-refractivity contribution in [3.63, 3.8) is 0 Å². The van der Waals surface area contributed by atoms with Gasteiger partial charge in [-0.15, -0.1) is 11.8 Å². The number of nitrogens with zero attached hydrogens (tertiary/aromatic N) is 1. The Balaban J connectivity index is 1.71. The van der Waals surface area contributed by atoms with E-state index in [1.807, 2.05) is 59.5 Å². The van der Waals surface area contributed by atoms with Gasteiger partial charge in [-0.25, -0.2) is 0 Å². The molecule has 132 valence electrons. The Kier molecular flexibility index (Phi) is 6.91. The second-order valence-electron chi connectivity index (χ2n) is 6.12. The summed E-state index contributed by atoms with van der Waals surface area (Å²) in [5.41, 5.74) is 2.41. The van der Waals surface area contributed by atoms with Crippen LogP contribution in [0.5, 0.6) is 0 Å². The molecule has 3 aromatic rings. The summed E-state index contributed by atoms with van der Waals surface area (Å²) >= 11 is 1.78. The highest BCUT2D eigenvalue weighted by Gasteiger charge is 2.19. The largest absolute Gasteiger partial charge is 0.337 e. The van der Waals surface area contributed by atoms with Gasteiger partial charge in [0.25, 0.3) is 0 Å². The van der Waals surface area contributed by atoms with Gasteiger partial charge in [0.05, 0.1) is 6.04 Å². The molecule has 3 rings (SSSR count). The van der Waals surface area contributed by atoms with Crippen molar-refractivity contribution in [2.75, 3.05) is 12.3 Å². The van der Waals surface area contributed by atoms with E-state index in [0.29, 0.717) is 0 Å². The van der Waals surface area contributed by atoms with Crippen molar-refractivity contribution in [1.82, 2.24) is 4.90 Å². The smallest absolute Gasteiger partial charge is 0.210 e. The molecule has 0 aliphatic rings. The van der Waals surface area contributed by atoms with Crippen LogP contribution in [0.4, 0.5) is 0 Å². The SMILES string of the molecule is O=CN(CCSc1ccccc1)[C@@H](Cc1ccccc1)c1ccccc1. The van der Waals surface area contributed by atoms with Crippen molar-refractivity contribution >= 4 is 18.2 Å². The molecule has 26 heavy (non-hydrogen) atoms. The van der Waals surface area contributed by atoms with E-state index in [4.69, 9.17) is 0 Å². The molecule has 0 heterocycles. The van der Waals surface area contributed by atoms with Crippen LogP contribution in [0.15, 0.2) is 95.9 Å². The predicted octanol–water partition coefficient (Wildman–Crippen LogP) is 5.22. The topological polar surface area (TPSA) is 20.3 Å². The molecule has 0 spiro atoms. The molecule has 0 aromatic heterocycles. The molecule has 3 aromatic carbocycles. The fraction of sp³-hybridized carbons (Fsp3) is 0.174. The molecule has 0 saturated carbocycles. The van der Waals surface area contributed by atoms with Crippen molar-refractivity contribution in [2.24, 2.45) is 0 Å². The third kappa shape index (κ3) is 5.24. The second kappa shape index (κ2) is 9.83. The van der Waals surface area contributed by atoms with Gasteiger partial charge in [-0.3, -0.25) is 4.79 Å². The number of hydrogen-bond donors (Lipinski definition) is 0. The Morgan fingerprint density at radius 3 is 2.00 bits per heavy atom. The van der Waals surface area contributed by atoms with Gasteiger partial charge in [-0.1, -0.05) is 78.9 Å². The maximum Gasteiger partial charge on any atom is 0.210 e. The minimum absolute atomic E-state index is 0.0486. The number of amides is 1. The minimum atomic E-state index is 0.0486. The Morgan fingerprint density at radius 2 is 1.38 bits per heavy atom. The van der Waals surface area contributed by atoms with E-state index < -0.39 is 0 Å². The molecule has 3 heteroatoms. The third-order valence-electron chi connectivity index (χ3n) is 4.35. The number of carbonyl (C=O) groups excluding carboxylic acids is 1. The first kappa shape index (κ1) is 18.3. The first-order valence-corrected chi connectivity index (χ1v) is 9.83. The number of carbonyl (C=O) groups is 1. The first-order chi connectivity index (χ1) is 12.9. The minimum Gasteiger partial charge on any atom is -0.337 e. The summed E-state index contributed by atoms with van der Waals surface area (Å²) in [5.74, 6) is 0.876. The van der Waals surface area contributed by atoms with Crippen molar-refractivity contribution in [1.29, 1.82) is 0 Å². The molecule has 2 nitrogen and oxygen atoms in total. The molecule has 0 aliphatic carbocycles. The average Bonchev–Trinajstić information content (AvgIpc) is 2.72. The zero-order valence-electron chi connectivity index (χ0n) is 14.7. The highest BCUT2D eigenvalue weighted by molar-refractivity contribution is 7.99. The second-order valence-corrected chi connectivity index (χ2v) is 7.29. The van der Waals surface area contributed by atoms with E-state index >= 15 is 0 Å². The van der Waals surface area contributed by atoms with Crippen molar-refractivity contribution in [3.8, 4) is 0 Å². The van der Waals surface area contributed by atoms with Crippen molar-refractivity contribution in [3.05, 3.63) is 102 Å². The van der Waals surface area contributed by atoms with Crippen LogP contribution < -0.4 is 0 Å². The van der Waals surface area contributed by atoms with Gasteiger partial charge in [0.1, 0.15) is 0 Å². The van der Waals surface area contributed by atoms with Gasteiger partial charge in [0, 0.05) is 17.2 Å². The maximum absolute atomic E-state index is 11.9. The average molecular weight is 362 g/mol. The van der Waals surface area contributed by atoms with E-state index in [2.05, 4.69) is 36.4 Å². The van der Waals surface area contributed by atoms with Crippen LogP contribution in [-0.2, 0) is 11.2 Å².